The van der Waals surface area contributed by atoms with Crippen molar-refractivity contribution < 1.29 is 9.90 Å². The van der Waals surface area contributed by atoms with Crippen LogP contribution in [0, 0.1) is 6.92 Å². The van der Waals surface area contributed by atoms with Crippen molar-refractivity contribution in [2.24, 2.45) is 0 Å². The molecule has 0 radical (unpaired) electrons. The molecule has 6 heteroatoms. The van der Waals surface area contributed by atoms with Crippen LogP contribution in [0.15, 0.2) is 36.7 Å². The Morgan fingerprint density at radius 1 is 1.33 bits per heavy atom. The fourth-order valence-corrected chi connectivity index (χ4v) is 2.73. The fraction of sp³-hybridized carbons (Fsp3) is 0.278. The number of aromatic hydroxyl groups is 1. The number of nitrogens with one attached hydrogen (secondary N) is 1. The van der Waals surface area contributed by atoms with Crippen molar-refractivity contribution in [2.75, 3.05) is 13.1 Å². The van der Waals surface area contributed by atoms with E-state index in [1.165, 1.54) is 18.5 Å². The number of imidazole rings is 1. The minimum Gasteiger partial charge on any atom is -0.505 e. The van der Waals surface area contributed by atoms with Crippen LogP contribution in [0.3, 0.4) is 0 Å². The zero-order chi connectivity index (χ0) is 17.1. The number of carbonyl (C=O) groups excluding carboxylic acids is 1. The first-order valence-corrected chi connectivity index (χ1v) is 7.96. The number of fused-ring (bicyclic) bond motifs is 1. The number of pyridine rings is 1. The van der Waals surface area contributed by atoms with Gasteiger partial charge in [-0.1, -0.05) is 12.1 Å². The van der Waals surface area contributed by atoms with Gasteiger partial charge in [0.25, 0.3) is 5.91 Å². The fourth-order valence-electron chi connectivity index (χ4n) is 2.73. The Bertz CT molecular complexity index is 872. The molecule has 2 N–H and O–H groups in total. The van der Waals surface area contributed by atoms with Crippen molar-refractivity contribution in [1.29, 1.82) is 0 Å². The molecule has 0 fully saturated rings. The third-order valence-corrected chi connectivity index (χ3v) is 4.08. The Balaban J connectivity index is 1.74. The van der Waals surface area contributed by atoms with E-state index in [0.717, 1.165) is 22.4 Å². The van der Waals surface area contributed by atoms with E-state index in [0.29, 0.717) is 19.5 Å². The molecule has 0 aliphatic heterocycles. The van der Waals surface area contributed by atoms with Gasteiger partial charge in [-0.3, -0.25) is 9.78 Å². The first-order valence-electron chi connectivity index (χ1n) is 7.96. The number of rotatable bonds is 5. The number of hydrogen-bond donors (Lipinski definition) is 2. The van der Waals surface area contributed by atoms with Crippen LogP contribution in [-0.4, -0.2) is 44.0 Å². The maximum Gasteiger partial charge on any atom is 0.257 e. The highest BCUT2D eigenvalue weighted by Crippen LogP contribution is 2.18. The lowest BCUT2D eigenvalue weighted by Crippen LogP contribution is -2.33. The van der Waals surface area contributed by atoms with E-state index in [1.54, 1.807) is 4.90 Å². The van der Waals surface area contributed by atoms with Gasteiger partial charge in [0.15, 0.2) is 0 Å². The van der Waals surface area contributed by atoms with Crippen molar-refractivity contribution in [3.05, 3.63) is 53.6 Å². The van der Waals surface area contributed by atoms with Crippen LogP contribution in [0.25, 0.3) is 11.0 Å². The van der Waals surface area contributed by atoms with Gasteiger partial charge in [0.1, 0.15) is 11.6 Å². The minimum atomic E-state index is -0.204. The van der Waals surface area contributed by atoms with E-state index in [-0.39, 0.29) is 17.2 Å². The molecule has 1 aromatic carbocycles. The minimum absolute atomic E-state index is 0.0969. The summed E-state index contributed by atoms with van der Waals surface area (Å²) in [6.45, 7) is 5.02. The number of hydrogen-bond acceptors (Lipinski definition) is 4. The summed E-state index contributed by atoms with van der Waals surface area (Å²) in [6.07, 6.45) is 3.41. The van der Waals surface area contributed by atoms with E-state index >= 15 is 0 Å². The van der Waals surface area contributed by atoms with Crippen LogP contribution < -0.4 is 0 Å². The average molecular weight is 324 g/mol. The van der Waals surface area contributed by atoms with Crippen LogP contribution >= 0.6 is 0 Å². The third-order valence-electron chi connectivity index (χ3n) is 4.08. The van der Waals surface area contributed by atoms with Gasteiger partial charge in [0.2, 0.25) is 0 Å². The first-order chi connectivity index (χ1) is 11.6. The van der Waals surface area contributed by atoms with Gasteiger partial charge < -0.3 is 15.0 Å². The maximum atomic E-state index is 12.6. The molecule has 0 aliphatic carbocycles. The van der Waals surface area contributed by atoms with E-state index in [1.807, 2.05) is 32.0 Å². The number of amides is 1. The van der Waals surface area contributed by atoms with Crippen molar-refractivity contribution in [3.63, 3.8) is 0 Å². The number of H-pyrrole nitrogens is 1. The second kappa shape index (κ2) is 6.70. The van der Waals surface area contributed by atoms with Gasteiger partial charge in [0.05, 0.1) is 22.8 Å². The molecule has 0 unspecified atom stereocenters. The monoisotopic (exact) mass is 324 g/mol. The summed E-state index contributed by atoms with van der Waals surface area (Å²) >= 11 is 0. The molecule has 3 aromatic rings. The summed E-state index contributed by atoms with van der Waals surface area (Å²) in [5.41, 5.74) is 3.37. The average Bonchev–Trinajstić information content (AvgIpc) is 3.00. The number of carbonyl (C=O) groups is 1. The van der Waals surface area contributed by atoms with Crippen molar-refractivity contribution in [1.82, 2.24) is 19.9 Å². The van der Waals surface area contributed by atoms with Crippen LogP contribution in [0.2, 0.25) is 0 Å². The molecule has 0 spiro atoms. The first kappa shape index (κ1) is 16.0. The van der Waals surface area contributed by atoms with Crippen molar-refractivity contribution >= 4 is 16.9 Å². The topological polar surface area (TPSA) is 82.1 Å². The summed E-state index contributed by atoms with van der Waals surface area (Å²) in [5.74, 6) is 0.550. The SMILES string of the molecule is CCN(CCc1nc2c(C)cccc2[nH]1)C(=O)c1ccncc1O. The van der Waals surface area contributed by atoms with Crippen LogP contribution in [0.1, 0.15) is 28.7 Å². The summed E-state index contributed by atoms with van der Waals surface area (Å²) in [7, 11) is 0. The summed E-state index contributed by atoms with van der Waals surface area (Å²) in [6, 6.07) is 7.55. The molecule has 0 bridgehead atoms. The van der Waals surface area contributed by atoms with E-state index in [2.05, 4.69) is 15.0 Å². The predicted octanol–water partition coefficient (Wildman–Crippen LogP) is 2.68. The number of benzene rings is 1. The molecule has 1 amide bonds. The molecule has 6 nitrogen and oxygen atoms in total. The molecule has 0 saturated heterocycles. The molecule has 0 saturated carbocycles. The Labute approximate surface area is 140 Å². The highest BCUT2D eigenvalue weighted by molar-refractivity contribution is 5.96. The Kier molecular flexibility index (Phi) is 4.46. The van der Waals surface area contributed by atoms with Gasteiger partial charge in [-0.05, 0) is 31.5 Å². The second-order valence-electron chi connectivity index (χ2n) is 5.68. The summed E-state index contributed by atoms with van der Waals surface area (Å²) < 4.78 is 0. The number of aryl methyl sites for hydroxylation is 1. The van der Waals surface area contributed by atoms with Crippen molar-refractivity contribution in [2.45, 2.75) is 20.3 Å². The van der Waals surface area contributed by atoms with Gasteiger partial charge in [-0.2, -0.15) is 0 Å². The molecule has 3 rings (SSSR count). The third kappa shape index (κ3) is 3.08. The number of aromatic amines is 1. The number of likely N-dealkylation sites (N-methyl/N-ethyl adjacent to an activating group) is 1. The number of para-hydroxylation sites is 1. The molecule has 24 heavy (non-hydrogen) atoms. The Morgan fingerprint density at radius 3 is 2.88 bits per heavy atom. The van der Waals surface area contributed by atoms with Gasteiger partial charge in [-0.15, -0.1) is 0 Å². The maximum absolute atomic E-state index is 12.6. The zero-order valence-electron chi connectivity index (χ0n) is 13.8. The molecule has 2 heterocycles. The smallest absolute Gasteiger partial charge is 0.257 e. The van der Waals surface area contributed by atoms with Gasteiger partial charge >= 0.3 is 0 Å². The lowest BCUT2D eigenvalue weighted by atomic mass is 10.2. The molecule has 0 aliphatic rings. The number of aromatic nitrogens is 3. The quantitative estimate of drug-likeness (QED) is 0.756. The largest absolute Gasteiger partial charge is 0.505 e. The molecule has 0 atom stereocenters. The van der Waals surface area contributed by atoms with Crippen LogP contribution in [0.4, 0.5) is 0 Å². The van der Waals surface area contributed by atoms with E-state index in [4.69, 9.17) is 0 Å². The highest BCUT2D eigenvalue weighted by Gasteiger charge is 2.18. The summed E-state index contributed by atoms with van der Waals surface area (Å²) in [5, 5.41) is 9.81. The Morgan fingerprint density at radius 2 is 2.17 bits per heavy atom. The second-order valence-corrected chi connectivity index (χ2v) is 5.68. The van der Waals surface area contributed by atoms with Gasteiger partial charge in [0, 0.05) is 25.7 Å². The van der Waals surface area contributed by atoms with E-state index in [9.17, 15) is 9.90 Å². The summed E-state index contributed by atoms with van der Waals surface area (Å²) in [4.78, 5) is 26.0. The lowest BCUT2D eigenvalue weighted by Gasteiger charge is -2.20. The lowest BCUT2D eigenvalue weighted by molar-refractivity contribution is 0.0762. The predicted molar refractivity (Wildman–Crippen MR) is 92.0 cm³/mol. The van der Waals surface area contributed by atoms with Crippen LogP contribution in [0.5, 0.6) is 5.75 Å². The van der Waals surface area contributed by atoms with Crippen molar-refractivity contribution in [3.8, 4) is 5.75 Å². The molecular weight excluding hydrogens is 304 g/mol. The van der Waals surface area contributed by atoms with E-state index < -0.39 is 0 Å². The highest BCUT2D eigenvalue weighted by atomic mass is 16.3. The number of nitrogens with zero attached hydrogens (tertiary/aromatic N) is 3. The molecular formula is C18H20N4O2. The van der Waals surface area contributed by atoms with Gasteiger partial charge in [-0.25, -0.2) is 4.98 Å². The van der Waals surface area contributed by atoms with Crippen LogP contribution in [-0.2, 0) is 6.42 Å². The zero-order valence-corrected chi connectivity index (χ0v) is 13.8. The molecule has 2 aromatic heterocycles. The molecule has 124 valence electrons. The normalized spacial score (nSPS) is 10.9. The Hall–Kier alpha value is -2.89. The standard InChI is InChI=1S/C18H20N4O2/c1-3-22(18(24)13-7-9-19-11-15(13)23)10-8-16-20-14-6-4-5-12(2)17(14)21-16/h4-7,9,11,23H,3,8,10H2,1-2H3,(H,20,21).